The smallest absolute Gasteiger partial charge is 0.154 e. The average Bonchev–Trinajstić information content (AvgIpc) is 3.33. The average molecular weight is 386 g/mol. The van der Waals surface area contributed by atoms with E-state index in [2.05, 4.69) is 43.3 Å². The molecule has 2 bridgehead atoms. The molecule has 3 heteroatoms. The second kappa shape index (κ2) is 6.77. The van der Waals surface area contributed by atoms with Gasteiger partial charge >= 0.3 is 0 Å². The fraction of sp³-hybridized carbons (Fsp3) is 0.385. The Balaban J connectivity index is 1.44. The molecule has 2 aliphatic heterocycles. The number of ether oxygens (including phenoxy) is 1. The molecular formula is C26H26O3. The molecular weight excluding hydrogens is 360 g/mol. The van der Waals surface area contributed by atoms with Gasteiger partial charge in [-0.15, -0.1) is 0 Å². The first-order chi connectivity index (χ1) is 14.0. The molecule has 1 unspecified atom stereocenters. The number of Topliss-reactive ketones (excluding diaryl/α,β-unsaturated/α-hetero) is 2. The van der Waals surface area contributed by atoms with Gasteiger partial charge in [0.2, 0.25) is 0 Å². The summed E-state index contributed by atoms with van der Waals surface area (Å²) in [6.45, 7) is 6.08. The molecule has 0 aromatic heterocycles. The number of rotatable bonds is 3. The van der Waals surface area contributed by atoms with E-state index >= 15 is 0 Å². The van der Waals surface area contributed by atoms with Gasteiger partial charge in [-0.1, -0.05) is 60.2 Å². The van der Waals surface area contributed by atoms with Crippen molar-refractivity contribution in [1.82, 2.24) is 0 Å². The van der Waals surface area contributed by atoms with Gasteiger partial charge in [0.1, 0.15) is 5.92 Å². The Hall–Kier alpha value is -2.52. The third-order valence-electron chi connectivity index (χ3n) is 6.99. The van der Waals surface area contributed by atoms with E-state index in [1.165, 1.54) is 0 Å². The zero-order chi connectivity index (χ0) is 20.3. The van der Waals surface area contributed by atoms with Gasteiger partial charge in [0.05, 0.1) is 24.0 Å². The van der Waals surface area contributed by atoms with E-state index in [0.717, 1.165) is 34.2 Å². The number of aryl methyl sites for hydroxylation is 3. The fourth-order valence-electron chi connectivity index (χ4n) is 5.92. The Morgan fingerprint density at radius 1 is 0.931 bits per heavy atom. The van der Waals surface area contributed by atoms with Gasteiger partial charge in [0.15, 0.2) is 11.6 Å². The molecule has 3 nitrogen and oxygen atoms in total. The van der Waals surface area contributed by atoms with Crippen LogP contribution in [0.2, 0.25) is 0 Å². The van der Waals surface area contributed by atoms with Crippen LogP contribution in [0.1, 0.15) is 40.2 Å². The lowest BCUT2D eigenvalue weighted by molar-refractivity contribution is -0.127. The van der Waals surface area contributed by atoms with Gasteiger partial charge < -0.3 is 4.74 Å². The molecule has 2 aromatic carbocycles. The van der Waals surface area contributed by atoms with Crippen LogP contribution in [-0.4, -0.2) is 23.8 Å². The van der Waals surface area contributed by atoms with E-state index < -0.39 is 5.92 Å². The van der Waals surface area contributed by atoms with Gasteiger partial charge in [-0.3, -0.25) is 9.59 Å². The summed E-state index contributed by atoms with van der Waals surface area (Å²) < 4.78 is 6.15. The minimum atomic E-state index is -0.614. The molecule has 1 saturated carbocycles. The molecule has 5 rings (SSSR count). The molecule has 2 saturated heterocycles. The first kappa shape index (κ1) is 18.5. The Morgan fingerprint density at radius 2 is 1.59 bits per heavy atom. The lowest BCUT2D eigenvalue weighted by atomic mass is 9.75. The largest absolute Gasteiger partial charge is 0.373 e. The highest BCUT2D eigenvalue weighted by molar-refractivity contribution is 6.17. The molecule has 3 fully saturated rings. The van der Waals surface area contributed by atoms with Crippen molar-refractivity contribution in [2.45, 2.75) is 45.3 Å². The minimum Gasteiger partial charge on any atom is -0.373 e. The van der Waals surface area contributed by atoms with Gasteiger partial charge in [0, 0.05) is 5.92 Å². The first-order valence-electron chi connectivity index (χ1n) is 10.5. The molecule has 6 atom stereocenters. The van der Waals surface area contributed by atoms with E-state index in [1.807, 2.05) is 32.0 Å². The van der Waals surface area contributed by atoms with E-state index in [9.17, 15) is 9.59 Å². The lowest BCUT2D eigenvalue weighted by Gasteiger charge is -2.23. The van der Waals surface area contributed by atoms with Crippen LogP contribution in [0.4, 0.5) is 0 Å². The maximum atomic E-state index is 13.5. The van der Waals surface area contributed by atoms with Crippen LogP contribution in [0.15, 0.2) is 48.5 Å². The number of hydrogen-bond donors (Lipinski definition) is 0. The summed E-state index contributed by atoms with van der Waals surface area (Å²) in [7, 11) is 0. The van der Waals surface area contributed by atoms with Crippen LogP contribution >= 0.6 is 0 Å². The van der Waals surface area contributed by atoms with E-state index in [4.69, 9.17) is 4.74 Å². The topological polar surface area (TPSA) is 43.4 Å². The maximum Gasteiger partial charge on any atom is 0.154 e. The number of benzene rings is 2. The van der Waals surface area contributed by atoms with Crippen LogP contribution in [0.3, 0.4) is 0 Å². The Morgan fingerprint density at radius 3 is 2.28 bits per heavy atom. The highest BCUT2D eigenvalue weighted by Crippen LogP contribution is 2.55. The monoisotopic (exact) mass is 386 g/mol. The second-order valence-electron chi connectivity index (χ2n) is 8.91. The predicted octanol–water partition coefficient (Wildman–Crippen LogP) is 4.58. The summed E-state index contributed by atoms with van der Waals surface area (Å²) in [4.78, 5) is 26.8. The molecule has 0 amide bonds. The normalized spacial score (nSPS) is 33.1. The zero-order valence-electron chi connectivity index (χ0n) is 17.1. The highest BCUT2D eigenvalue weighted by Gasteiger charge is 2.65. The quantitative estimate of drug-likeness (QED) is 0.725. The zero-order valence-corrected chi connectivity index (χ0v) is 17.1. The summed E-state index contributed by atoms with van der Waals surface area (Å²) in [6, 6.07) is 14.3. The summed E-state index contributed by atoms with van der Waals surface area (Å²) in [5.74, 6) is -0.835. The Labute approximate surface area is 171 Å². The van der Waals surface area contributed by atoms with E-state index in [-0.39, 0.29) is 41.5 Å². The molecule has 2 aromatic rings. The van der Waals surface area contributed by atoms with Crippen LogP contribution in [0.25, 0.3) is 6.08 Å². The molecule has 148 valence electrons. The molecule has 0 N–H and O–H groups in total. The van der Waals surface area contributed by atoms with Crippen LogP contribution < -0.4 is 0 Å². The Kier molecular flexibility index (Phi) is 4.32. The Bertz CT molecular complexity index is 996. The summed E-state index contributed by atoms with van der Waals surface area (Å²) in [6.07, 6.45) is 4.81. The lowest BCUT2D eigenvalue weighted by Crippen LogP contribution is -2.34. The van der Waals surface area contributed by atoms with Crippen molar-refractivity contribution < 1.29 is 14.3 Å². The molecule has 0 spiro atoms. The number of carbonyl (C=O) groups is 2. The minimum absolute atomic E-state index is 0.0698. The van der Waals surface area contributed by atoms with Gasteiger partial charge in [-0.05, 0) is 49.4 Å². The van der Waals surface area contributed by atoms with E-state index in [1.54, 1.807) is 0 Å². The first-order valence-corrected chi connectivity index (χ1v) is 10.5. The number of carbonyl (C=O) groups excluding carboxylic acids is 2. The van der Waals surface area contributed by atoms with Gasteiger partial charge in [0.25, 0.3) is 0 Å². The van der Waals surface area contributed by atoms with Crippen LogP contribution in [0, 0.1) is 38.5 Å². The summed E-state index contributed by atoms with van der Waals surface area (Å²) in [5.41, 5.74) is 5.32. The van der Waals surface area contributed by atoms with Gasteiger partial charge in [-0.2, -0.15) is 0 Å². The van der Waals surface area contributed by atoms with Crippen molar-refractivity contribution in [3.8, 4) is 0 Å². The number of fused-ring (bicyclic) bond motifs is 5. The maximum absolute atomic E-state index is 13.5. The molecule has 0 radical (unpaired) electrons. The van der Waals surface area contributed by atoms with Crippen LogP contribution in [-0.2, 0) is 14.3 Å². The van der Waals surface area contributed by atoms with Crippen LogP contribution in [0.5, 0.6) is 0 Å². The fourth-order valence-corrected chi connectivity index (χ4v) is 5.92. The summed E-state index contributed by atoms with van der Waals surface area (Å²) in [5, 5.41) is 0. The third-order valence-corrected chi connectivity index (χ3v) is 6.99. The molecule has 1 aliphatic carbocycles. The number of ketones is 2. The molecule has 2 heterocycles. The second-order valence-corrected chi connectivity index (χ2v) is 8.91. The van der Waals surface area contributed by atoms with Crippen molar-refractivity contribution in [3.63, 3.8) is 0 Å². The SMILES string of the molecule is Cc1cc(C)c(C2C(=O)[C@@H]3[C@@H]4O[C@@H](C[C@H]4C=Cc4ccccc4)[C@@H]3C2=O)c(C)c1. The highest BCUT2D eigenvalue weighted by atomic mass is 16.5. The van der Waals surface area contributed by atoms with Crippen molar-refractivity contribution in [1.29, 1.82) is 0 Å². The van der Waals surface area contributed by atoms with Gasteiger partial charge in [-0.25, -0.2) is 0 Å². The molecule has 29 heavy (non-hydrogen) atoms. The number of hydrogen-bond acceptors (Lipinski definition) is 3. The standard InChI is InChI=1S/C26H26O3/c1-14-11-15(2)20(16(3)12-14)22-24(27)21-19-13-18(26(29-19)23(21)25(22)28)10-9-17-7-5-4-6-8-17/h4-12,18-19,21-23,26H,13H2,1-3H3/t18-,19+,21+,22?,23-,26-/m1/s1. The summed E-state index contributed by atoms with van der Waals surface area (Å²) >= 11 is 0. The van der Waals surface area contributed by atoms with Crippen molar-refractivity contribution in [2.75, 3.05) is 0 Å². The van der Waals surface area contributed by atoms with Crippen molar-refractivity contribution in [2.24, 2.45) is 17.8 Å². The predicted molar refractivity (Wildman–Crippen MR) is 113 cm³/mol. The van der Waals surface area contributed by atoms with Crippen molar-refractivity contribution >= 4 is 17.6 Å². The van der Waals surface area contributed by atoms with E-state index in [0.29, 0.717) is 0 Å². The van der Waals surface area contributed by atoms with Crippen molar-refractivity contribution in [3.05, 3.63) is 76.4 Å². The third kappa shape index (κ3) is 2.83. The molecule has 3 aliphatic rings.